The van der Waals surface area contributed by atoms with Crippen LogP contribution in [-0.2, 0) is 6.54 Å². The maximum atomic E-state index is 4.41. The molecule has 1 aromatic heterocycles. The fourth-order valence-corrected chi connectivity index (χ4v) is 2.46. The van der Waals surface area contributed by atoms with E-state index in [1.54, 1.807) is 0 Å². The van der Waals surface area contributed by atoms with Crippen molar-refractivity contribution in [2.45, 2.75) is 59.0 Å². The van der Waals surface area contributed by atoms with Crippen molar-refractivity contribution in [3.63, 3.8) is 0 Å². The predicted octanol–water partition coefficient (Wildman–Crippen LogP) is 2.99. The highest BCUT2D eigenvalue weighted by Gasteiger charge is 2.15. The van der Waals surface area contributed by atoms with E-state index in [-0.39, 0.29) is 5.54 Å². The first kappa shape index (κ1) is 15.2. The molecule has 1 unspecified atom stereocenters. The van der Waals surface area contributed by atoms with E-state index in [0.29, 0.717) is 0 Å². The van der Waals surface area contributed by atoms with Gasteiger partial charge in [-0.25, -0.2) is 0 Å². The zero-order valence-electron chi connectivity index (χ0n) is 13.3. The fraction of sp³-hybridized carbons (Fsp3) is 0.750. The van der Waals surface area contributed by atoms with Crippen LogP contribution in [0.3, 0.4) is 0 Å². The molecular weight excluding hydrogens is 248 g/mol. The molecule has 0 spiro atoms. The number of aromatic nitrogens is 2. The number of anilines is 1. The normalized spacial score (nSPS) is 20.8. The highest BCUT2D eigenvalue weighted by atomic mass is 15.3. The third-order valence-electron chi connectivity index (χ3n) is 3.85. The second-order valence-electron chi connectivity index (χ2n) is 7.01. The Kier molecular flexibility index (Phi) is 4.97. The molecule has 0 radical (unpaired) electrons. The molecular formula is C16H28N4. The van der Waals surface area contributed by atoms with Gasteiger partial charge in [0, 0.05) is 25.2 Å². The summed E-state index contributed by atoms with van der Waals surface area (Å²) in [6, 6.07) is 4.21. The molecule has 4 heteroatoms. The van der Waals surface area contributed by atoms with Crippen LogP contribution in [0.4, 0.5) is 5.82 Å². The zero-order valence-corrected chi connectivity index (χ0v) is 13.3. The smallest absolute Gasteiger partial charge is 0.151 e. The molecule has 2 heterocycles. The van der Waals surface area contributed by atoms with Crippen LogP contribution >= 0.6 is 0 Å². The summed E-state index contributed by atoms with van der Waals surface area (Å²) < 4.78 is 0. The van der Waals surface area contributed by atoms with Crippen LogP contribution in [0.15, 0.2) is 12.1 Å². The molecule has 1 atom stereocenters. The number of nitrogens with one attached hydrogen (secondary N) is 1. The van der Waals surface area contributed by atoms with Crippen LogP contribution in [0, 0.1) is 5.92 Å². The van der Waals surface area contributed by atoms with Crippen molar-refractivity contribution in [1.29, 1.82) is 0 Å². The fourth-order valence-electron chi connectivity index (χ4n) is 2.46. The van der Waals surface area contributed by atoms with E-state index in [1.807, 2.05) is 0 Å². The van der Waals surface area contributed by atoms with E-state index in [4.69, 9.17) is 0 Å². The van der Waals surface area contributed by atoms with Crippen LogP contribution < -0.4 is 10.2 Å². The van der Waals surface area contributed by atoms with Gasteiger partial charge in [-0.3, -0.25) is 0 Å². The van der Waals surface area contributed by atoms with Crippen molar-refractivity contribution < 1.29 is 0 Å². The second kappa shape index (κ2) is 6.53. The highest BCUT2D eigenvalue weighted by molar-refractivity contribution is 5.37. The molecule has 0 amide bonds. The van der Waals surface area contributed by atoms with Gasteiger partial charge in [0.1, 0.15) is 0 Å². The molecule has 2 rings (SSSR count). The Morgan fingerprint density at radius 3 is 2.65 bits per heavy atom. The van der Waals surface area contributed by atoms with Gasteiger partial charge in [-0.2, -0.15) is 5.10 Å². The topological polar surface area (TPSA) is 41.0 Å². The van der Waals surface area contributed by atoms with Crippen LogP contribution in [0.5, 0.6) is 0 Å². The number of nitrogens with zero attached hydrogens (tertiary/aromatic N) is 3. The summed E-state index contributed by atoms with van der Waals surface area (Å²) >= 11 is 0. The van der Waals surface area contributed by atoms with E-state index in [1.165, 1.54) is 19.3 Å². The monoisotopic (exact) mass is 276 g/mol. The summed E-state index contributed by atoms with van der Waals surface area (Å²) in [5.74, 6) is 1.86. The molecule has 1 fully saturated rings. The van der Waals surface area contributed by atoms with Gasteiger partial charge in [0.15, 0.2) is 5.82 Å². The molecule has 0 aliphatic carbocycles. The van der Waals surface area contributed by atoms with Crippen LogP contribution in [0.2, 0.25) is 0 Å². The Balaban J connectivity index is 1.93. The number of hydrogen-bond acceptors (Lipinski definition) is 4. The van der Waals surface area contributed by atoms with Gasteiger partial charge in [-0.05, 0) is 58.1 Å². The van der Waals surface area contributed by atoms with Gasteiger partial charge in [0.2, 0.25) is 0 Å². The van der Waals surface area contributed by atoms with Gasteiger partial charge < -0.3 is 10.2 Å². The van der Waals surface area contributed by atoms with E-state index in [2.05, 4.69) is 60.2 Å². The maximum absolute atomic E-state index is 4.41. The SMILES string of the molecule is CC1CCCN(c2ccc(CNC(C)(C)C)nn2)CC1. The molecule has 1 aliphatic rings. The van der Waals surface area contributed by atoms with Crippen LogP contribution in [-0.4, -0.2) is 28.8 Å². The molecule has 1 aliphatic heterocycles. The lowest BCUT2D eigenvalue weighted by Crippen LogP contribution is -2.35. The minimum atomic E-state index is 0.112. The summed E-state index contributed by atoms with van der Waals surface area (Å²) in [5, 5.41) is 12.2. The molecule has 0 aromatic carbocycles. The zero-order chi connectivity index (χ0) is 14.6. The van der Waals surface area contributed by atoms with Crippen molar-refractivity contribution in [3.8, 4) is 0 Å². The molecule has 112 valence electrons. The maximum Gasteiger partial charge on any atom is 0.151 e. The minimum Gasteiger partial charge on any atom is -0.355 e. The third kappa shape index (κ3) is 4.75. The van der Waals surface area contributed by atoms with Gasteiger partial charge >= 0.3 is 0 Å². The van der Waals surface area contributed by atoms with Gasteiger partial charge in [0.25, 0.3) is 0 Å². The first-order valence-corrected chi connectivity index (χ1v) is 7.76. The largest absolute Gasteiger partial charge is 0.355 e. The average molecular weight is 276 g/mol. The van der Waals surface area contributed by atoms with Crippen molar-refractivity contribution in [2.24, 2.45) is 5.92 Å². The molecule has 4 nitrogen and oxygen atoms in total. The van der Waals surface area contributed by atoms with E-state index >= 15 is 0 Å². The quantitative estimate of drug-likeness (QED) is 0.921. The molecule has 1 aromatic rings. The third-order valence-corrected chi connectivity index (χ3v) is 3.85. The standard InChI is InChI=1S/C16H28N4/c1-13-6-5-10-20(11-9-13)15-8-7-14(18-19-15)12-17-16(2,3)4/h7-8,13,17H,5-6,9-12H2,1-4H3. The predicted molar refractivity (Wildman–Crippen MR) is 83.9 cm³/mol. The molecule has 20 heavy (non-hydrogen) atoms. The van der Waals surface area contributed by atoms with E-state index < -0.39 is 0 Å². The molecule has 0 saturated carbocycles. The lowest BCUT2D eigenvalue weighted by atomic mass is 10.0. The molecule has 1 saturated heterocycles. The first-order chi connectivity index (χ1) is 9.44. The van der Waals surface area contributed by atoms with Gasteiger partial charge in [-0.15, -0.1) is 5.10 Å². The van der Waals surface area contributed by atoms with E-state index in [9.17, 15) is 0 Å². The van der Waals surface area contributed by atoms with Crippen LogP contribution in [0.1, 0.15) is 52.7 Å². The number of hydrogen-bond donors (Lipinski definition) is 1. The second-order valence-corrected chi connectivity index (χ2v) is 7.01. The summed E-state index contributed by atoms with van der Waals surface area (Å²) in [4.78, 5) is 2.37. The Labute approximate surface area is 123 Å². The van der Waals surface area contributed by atoms with E-state index in [0.717, 1.165) is 37.1 Å². The van der Waals surface area contributed by atoms with Crippen molar-refractivity contribution >= 4 is 5.82 Å². The Hall–Kier alpha value is -1.16. The van der Waals surface area contributed by atoms with Crippen molar-refractivity contribution in [2.75, 3.05) is 18.0 Å². The van der Waals surface area contributed by atoms with Crippen LogP contribution in [0.25, 0.3) is 0 Å². The summed E-state index contributed by atoms with van der Waals surface area (Å²) in [7, 11) is 0. The minimum absolute atomic E-state index is 0.112. The van der Waals surface area contributed by atoms with Gasteiger partial charge in [-0.1, -0.05) is 6.92 Å². The Morgan fingerprint density at radius 1 is 1.20 bits per heavy atom. The Bertz CT molecular complexity index is 407. The summed E-state index contributed by atoms with van der Waals surface area (Å²) in [5.41, 5.74) is 1.12. The Morgan fingerprint density at radius 2 is 2.00 bits per heavy atom. The van der Waals surface area contributed by atoms with Gasteiger partial charge in [0.05, 0.1) is 5.69 Å². The number of rotatable bonds is 3. The summed E-state index contributed by atoms with van der Waals surface area (Å²) in [6.45, 7) is 11.8. The average Bonchev–Trinajstić information content (AvgIpc) is 2.61. The molecule has 1 N–H and O–H groups in total. The van der Waals surface area contributed by atoms with Crippen molar-refractivity contribution in [1.82, 2.24) is 15.5 Å². The first-order valence-electron chi connectivity index (χ1n) is 7.76. The lowest BCUT2D eigenvalue weighted by molar-refractivity contribution is 0.420. The molecule has 0 bridgehead atoms. The lowest BCUT2D eigenvalue weighted by Gasteiger charge is -2.22. The summed E-state index contributed by atoms with van der Waals surface area (Å²) in [6.07, 6.45) is 3.85. The highest BCUT2D eigenvalue weighted by Crippen LogP contribution is 2.20. The van der Waals surface area contributed by atoms with Crippen molar-refractivity contribution in [3.05, 3.63) is 17.8 Å².